The molecule has 0 atom stereocenters. The number of alkyl halides is 3. The average molecular weight is 404 g/mol. The maximum absolute atomic E-state index is 12.9. The van der Waals surface area contributed by atoms with Crippen molar-refractivity contribution in [2.45, 2.75) is 13.1 Å². The number of aliphatic imine (C=N–C) groups is 1. The summed E-state index contributed by atoms with van der Waals surface area (Å²) in [5.41, 5.74) is 10.6. The van der Waals surface area contributed by atoms with Gasteiger partial charge in [-0.05, 0) is 25.1 Å². The third-order valence-electron chi connectivity index (χ3n) is 3.15. The number of aromatic nitrogens is 2. The van der Waals surface area contributed by atoms with Crippen LogP contribution in [-0.2, 0) is 6.18 Å². The van der Waals surface area contributed by atoms with E-state index in [2.05, 4.69) is 25.6 Å². The lowest BCUT2D eigenvalue weighted by Gasteiger charge is -2.12. The number of ether oxygens (including phenoxy) is 1. The third kappa shape index (κ3) is 5.26. The zero-order valence-electron chi connectivity index (χ0n) is 14.4. The van der Waals surface area contributed by atoms with E-state index in [-0.39, 0.29) is 34.2 Å². The predicted molar refractivity (Wildman–Crippen MR) is 98.5 cm³/mol. The number of rotatable bonds is 5. The highest BCUT2D eigenvalue weighted by atomic mass is 35.5. The van der Waals surface area contributed by atoms with Crippen LogP contribution in [0, 0.1) is 0 Å². The lowest BCUT2D eigenvalue weighted by Crippen LogP contribution is -2.22. The quantitative estimate of drug-likeness (QED) is 0.446. The molecule has 0 unspecified atom stereocenters. The lowest BCUT2D eigenvalue weighted by atomic mass is 10.2. The first-order chi connectivity index (χ1) is 12.6. The molecule has 1 aromatic carbocycles. The first kappa shape index (κ1) is 20.4. The molecule has 0 bridgehead atoms. The van der Waals surface area contributed by atoms with E-state index < -0.39 is 11.7 Å². The number of benzene rings is 1. The Hall–Kier alpha value is -2.95. The Bertz CT molecular complexity index is 858. The molecule has 1 aromatic heterocycles. The number of methoxy groups -OCH3 is 1. The first-order valence-electron chi connectivity index (χ1n) is 7.58. The fourth-order valence-corrected chi connectivity index (χ4v) is 2.34. The minimum atomic E-state index is -4.55. The van der Waals surface area contributed by atoms with Gasteiger partial charge in [-0.25, -0.2) is 0 Å². The van der Waals surface area contributed by atoms with Gasteiger partial charge < -0.3 is 26.8 Å². The van der Waals surface area contributed by atoms with E-state index in [0.717, 1.165) is 12.1 Å². The van der Waals surface area contributed by atoms with E-state index in [1.54, 1.807) is 0 Å². The van der Waals surface area contributed by atoms with Gasteiger partial charge in [0.25, 0.3) is 5.95 Å². The smallest absolute Gasteiger partial charge is 0.416 e. The second kappa shape index (κ2) is 8.16. The summed E-state index contributed by atoms with van der Waals surface area (Å²) in [4.78, 5) is 12.0. The standard InChI is InChI=1S/C15H17ClF3N7O/c1-3-22-12-10(27-2)11(20)24-14(25-12)26-13(21)23-9-5-7(15(17,18)19)4-8(16)6-9/h4-6H,3H2,1-2H3,(H6,20,21,22,23,24,25,26). The number of nitrogens with zero attached hydrogens (tertiary/aromatic N) is 3. The van der Waals surface area contributed by atoms with Crippen molar-refractivity contribution in [3.8, 4) is 5.75 Å². The Kier molecular flexibility index (Phi) is 6.16. The van der Waals surface area contributed by atoms with E-state index in [1.807, 2.05) is 6.92 Å². The lowest BCUT2D eigenvalue weighted by molar-refractivity contribution is -0.137. The largest absolute Gasteiger partial charge is 0.490 e. The molecule has 146 valence electrons. The highest BCUT2D eigenvalue weighted by Gasteiger charge is 2.31. The molecule has 0 fully saturated rings. The molecule has 0 aliphatic rings. The molecule has 1 heterocycles. The third-order valence-corrected chi connectivity index (χ3v) is 3.36. The summed E-state index contributed by atoms with van der Waals surface area (Å²) in [6.45, 7) is 2.38. The molecule has 0 saturated carbocycles. The van der Waals surface area contributed by atoms with Crippen LogP contribution >= 0.6 is 11.6 Å². The van der Waals surface area contributed by atoms with Crippen LogP contribution in [0.4, 0.5) is 36.4 Å². The molecule has 12 heteroatoms. The molecule has 27 heavy (non-hydrogen) atoms. The number of hydrogen-bond donors (Lipinski definition) is 4. The van der Waals surface area contributed by atoms with Crippen molar-refractivity contribution in [2.24, 2.45) is 10.7 Å². The number of nitrogen functional groups attached to an aromatic ring is 1. The van der Waals surface area contributed by atoms with Crippen molar-refractivity contribution >= 4 is 40.8 Å². The fourth-order valence-electron chi connectivity index (χ4n) is 2.10. The zero-order chi connectivity index (χ0) is 20.2. The number of halogens is 4. The number of nitrogens with two attached hydrogens (primary N) is 2. The SMILES string of the molecule is CCNc1nc(/N=C(\N)Nc2cc(Cl)cc(C(F)(F)F)c2)nc(N)c1OC. The minimum absolute atomic E-state index is 0.00413. The summed E-state index contributed by atoms with van der Waals surface area (Å²) < 4.78 is 43.7. The second-order valence-corrected chi connectivity index (χ2v) is 5.61. The highest BCUT2D eigenvalue weighted by Crippen LogP contribution is 2.33. The fraction of sp³-hybridized carbons (Fsp3) is 0.267. The van der Waals surface area contributed by atoms with Crippen molar-refractivity contribution in [3.63, 3.8) is 0 Å². The Morgan fingerprint density at radius 2 is 2.00 bits per heavy atom. The van der Waals surface area contributed by atoms with Crippen LogP contribution in [0.1, 0.15) is 12.5 Å². The number of nitrogens with one attached hydrogen (secondary N) is 2. The normalized spacial score (nSPS) is 12.0. The van der Waals surface area contributed by atoms with Crippen LogP contribution in [0.25, 0.3) is 0 Å². The summed E-state index contributed by atoms with van der Waals surface area (Å²) in [5, 5.41) is 5.34. The Morgan fingerprint density at radius 1 is 1.30 bits per heavy atom. The van der Waals surface area contributed by atoms with E-state index in [0.29, 0.717) is 12.4 Å². The Morgan fingerprint density at radius 3 is 2.59 bits per heavy atom. The van der Waals surface area contributed by atoms with Gasteiger partial charge in [-0.1, -0.05) is 11.6 Å². The molecule has 0 saturated heterocycles. The molecule has 0 amide bonds. The molecule has 2 aromatic rings. The molecule has 0 spiro atoms. The van der Waals surface area contributed by atoms with Gasteiger partial charge in [0, 0.05) is 17.3 Å². The summed E-state index contributed by atoms with van der Waals surface area (Å²) in [6.07, 6.45) is -4.55. The van der Waals surface area contributed by atoms with Crippen molar-refractivity contribution < 1.29 is 17.9 Å². The topological polar surface area (TPSA) is 123 Å². The van der Waals surface area contributed by atoms with Gasteiger partial charge in [0.1, 0.15) is 0 Å². The van der Waals surface area contributed by atoms with Crippen LogP contribution < -0.4 is 26.8 Å². The second-order valence-electron chi connectivity index (χ2n) is 5.17. The molecular weight excluding hydrogens is 387 g/mol. The van der Waals surface area contributed by atoms with Crippen molar-refractivity contribution in [3.05, 3.63) is 28.8 Å². The van der Waals surface area contributed by atoms with E-state index in [1.165, 1.54) is 13.2 Å². The summed E-state index contributed by atoms with van der Waals surface area (Å²) in [7, 11) is 1.41. The number of hydrogen-bond acceptors (Lipinski definition) is 6. The van der Waals surface area contributed by atoms with Gasteiger partial charge in [-0.15, -0.1) is 0 Å². The van der Waals surface area contributed by atoms with Gasteiger partial charge in [0.05, 0.1) is 12.7 Å². The number of guanidine groups is 1. The van der Waals surface area contributed by atoms with Crippen LogP contribution in [0.5, 0.6) is 5.75 Å². The van der Waals surface area contributed by atoms with E-state index in [9.17, 15) is 13.2 Å². The van der Waals surface area contributed by atoms with Crippen molar-refractivity contribution in [1.29, 1.82) is 0 Å². The van der Waals surface area contributed by atoms with Gasteiger partial charge in [-0.3, -0.25) is 0 Å². The molecule has 6 N–H and O–H groups in total. The maximum atomic E-state index is 12.9. The molecule has 0 radical (unpaired) electrons. The summed E-state index contributed by atoms with van der Waals surface area (Å²) >= 11 is 5.73. The molecular formula is C15H17ClF3N7O. The first-order valence-corrected chi connectivity index (χ1v) is 7.96. The molecule has 0 aliphatic carbocycles. The monoisotopic (exact) mass is 403 g/mol. The van der Waals surface area contributed by atoms with Gasteiger partial charge in [0.2, 0.25) is 11.7 Å². The van der Waals surface area contributed by atoms with Crippen LogP contribution in [0.15, 0.2) is 23.2 Å². The minimum Gasteiger partial charge on any atom is -0.490 e. The zero-order valence-corrected chi connectivity index (χ0v) is 15.1. The maximum Gasteiger partial charge on any atom is 0.416 e. The molecule has 2 rings (SSSR count). The predicted octanol–water partition coefficient (Wildman–Crippen LogP) is 3.23. The summed E-state index contributed by atoms with van der Waals surface area (Å²) in [6, 6.07) is 2.92. The highest BCUT2D eigenvalue weighted by molar-refractivity contribution is 6.31. The van der Waals surface area contributed by atoms with Crippen molar-refractivity contribution in [1.82, 2.24) is 9.97 Å². The van der Waals surface area contributed by atoms with E-state index in [4.69, 9.17) is 27.8 Å². The molecule has 8 nitrogen and oxygen atoms in total. The van der Waals surface area contributed by atoms with Crippen LogP contribution in [0.3, 0.4) is 0 Å². The summed E-state index contributed by atoms with van der Waals surface area (Å²) in [5.74, 6) is 0.218. The Labute approximate surface area is 157 Å². The van der Waals surface area contributed by atoms with Gasteiger partial charge in [0.15, 0.2) is 11.6 Å². The van der Waals surface area contributed by atoms with Crippen molar-refractivity contribution in [2.75, 3.05) is 30.0 Å². The van der Waals surface area contributed by atoms with E-state index >= 15 is 0 Å². The Balaban J connectivity index is 2.32. The van der Waals surface area contributed by atoms with Gasteiger partial charge >= 0.3 is 6.18 Å². The van der Waals surface area contributed by atoms with Gasteiger partial charge in [-0.2, -0.15) is 28.1 Å². The average Bonchev–Trinajstić information content (AvgIpc) is 2.53. The molecule has 0 aliphatic heterocycles. The van der Waals surface area contributed by atoms with Crippen LogP contribution in [0.2, 0.25) is 5.02 Å². The van der Waals surface area contributed by atoms with Crippen LogP contribution in [-0.4, -0.2) is 29.6 Å². The number of anilines is 3.